The molecular weight excluding hydrogens is 366 g/mol. The number of anilines is 3. The first-order valence-electron chi connectivity index (χ1n) is 7.47. The average Bonchev–Trinajstić information content (AvgIpc) is 2.59. The Labute approximate surface area is 149 Å². The summed E-state index contributed by atoms with van der Waals surface area (Å²) in [6.45, 7) is 2.01. The van der Waals surface area contributed by atoms with Crippen LogP contribution < -0.4 is 10.6 Å². The summed E-state index contributed by atoms with van der Waals surface area (Å²) in [4.78, 5) is 16.5. The first kappa shape index (κ1) is 16.2. The molecule has 0 aliphatic carbocycles. The van der Waals surface area contributed by atoms with E-state index in [1.165, 1.54) is 0 Å². The van der Waals surface area contributed by atoms with Crippen LogP contribution in [0.25, 0.3) is 0 Å². The fourth-order valence-electron chi connectivity index (χ4n) is 2.12. The van der Waals surface area contributed by atoms with E-state index in [0.29, 0.717) is 11.4 Å². The number of amides is 1. The van der Waals surface area contributed by atoms with Crippen molar-refractivity contribution in [3.05, 3.63) is 82.5 Å². The second-order valence-corrected chi connectivity index (χ2v) is 6.30. The largest absolute Gasteiger partial charge is 0.340 e. The minimum atomic E-state index is -0.179. The summed E-state index contributed by atoms with van der Waals surface area (Å²) < 4.78 is 1.02. The summed E-state index contributed by atoms with van der Waals surface area (Å²) >= 11 is 3.40. The smallest absolute Gasteiger partial charge is 0.257 e. The Morgan fingerprint density at radius 1 is 0.917 bits per heavy atom. The Hall–Kier alpha value is -2.66. The molecule has 0 aliphatic rings. The van der Waals surface area contributed by atoms with Gasteiger partial charge in [-0.05, 0) is 55.5 Å². The third-order valence-electron chi connectivity index (χ3n) is 3.45. The molecule has 120 valence electrons. The van der Waals surface area contributed by atoms with Crippen molar-refractivity contribution in [1.29, 1.82) is 0 Å². The quantitative estimate of drug-likeness (QED) is 0.656. The van der Waals surface area contributed by atoms with E-state index in [2.05, 4.69) is 31.5 Å². The number of aromatic nitrogens is 1. The van der Waals surface area contributed by atoms with Crippen LogP contribution in [0.2, 0.25) is 0 Å². The van der Waals surface area contributed by atoms with Gasteiger partial charge < -0.3 is 10.6 Å². The zero-order valence-corrected chi connectivity index (χ0v) is 14.7. The number of halogens is 1. The molecule has 0 unspecified atom stereocenters. The number of carbonyl (C=O) groups is 1. The van der Waals surface area contributed by atoms with Crippen molar-refractivity contribution in [2.45, 2.75) is 6.92 Å². The van der Waals surface area contributed by atoms with Crippen molar-refractivity contribution in [2.24, 2.45) is 0 Å². The summed E-state index contributed by atoms with van der Waals surface area (Å²) in [7, 11) is 0. The van der Waals surface area contributed by atoms with Crippen LogP contribution in [-0.2, 0) is 0 Å². The van der Waals surface area contributed by atoms with Crippen molar-refractivity contribution < 1.29 is 4.79 Å². The van der Waals surface area contributed by atoms with Gasteiger partial charge in [0.1, 0.15) is 5.82 Å². The summed E-state index contributed by atoms with van der Waals surface area (Å²) in [5.41, 5.74) is 3.36. The van der Waals surface area contributed by atoms with Gasteiger partial charge in [-0.3, -0.25) is 4.79 Å². The van der Waals surface area contributed by atoms with E-state index in [1.54, 1.807) is 18.3 Å². The van der Waals surface area contributed by atoms with Gasteiger partial charge >= 0.3 is 0 Å². The number of nitrogens with one attached hydrogen (secondary N) is 2. The number of aryl methyl sites for hydroxylation is 1. The fraction of sp³-hybridized carbons (Fsp3) is 0.0526. The molecule has 1 aromatic heterocycles. The highest BCUT2D eigenvalue weighted by Crippen LogP contribution is 2.18. The van der Waals surface area contributed by atoms with Crippen LogP contribution >= 0.6 is 15.9 Å². The van der Waals surface area contributed by atoms with Crippen molar-refractivity contribution in [2.75, 3.05) is 10.6 Å². The Kier molecular flexibility index (Phi) is 4.91. The maximum absolute atomic E-state index is 12.2. The minimum absolute atomic E-state index is 0.179. The van der Waals surface area contributed by atoms with Crippen LogP contribution in [-0.4, -0.2) is 10.9 Å². The molecule has 4 nitrogen and oxygen atoms in total. The molecule has 3 rings (SSSR count). The number of hydrogen-bond acceptors (Lipinski definition) is 3. The zero-order valence-electron chi connectivity index (χ0n) is 13.1. The number of rotatable bonds is 4. The lowest BCUT2D eigenvalue weighted by Crippen LogP contribution is -2.12. The second-order valence-electron chi connectivity index (χ2n) is 5.38. The van der Waals surface area contributed by atoms with Gasteiger partial charge in [-0.1, -0.05) is 33.6 Å². The van der Waals surface area contributed by atoms with Gasteiger partial charge in [0.05, 0.1) is 5.56 Å². The van der Waals surface area contributed by atoms with E-state index >= 15 is 0 Å². The molecule has 0 bridgehead atoms. The van der Waals surface area contributed by atoms with E-state index in [4.69, 9.17) is 0 Å². The van der Waals surface area contributed by atoms with Crippen LogP contribution in [0.3, 0.4) is 0 Å². The second kappa shape index (κ2) is 7.27. The lowest BCUT2D eigenvalue weighted by Gasteiger charge is -2.08. The van der Waals surface area contributed by atoms with Crippen LogP contribution in [0.15, 0.2) is 71.3 Å². The number of nitrogens with zero attached hydrogens (tertiary/aromatic N) is 1. The molecule has 1 heterocycles. The van der Waals surface area contributed by atoms with Crippen molar-refractivity contribution in [3.8, 4) is 0 Å². The van der Waals surface area contributed by atoms with E-state index < -0.39 is 0 Å². The van der Waals surface area contributed by atoms with Gasteiger partial charge in [-0.15, -0.1) is 0 Å². The molecule has 3 aromatic rings. The SMILES string of the molecule is Cc1ccc(NC(=O)c2ccc(Nc3ccc(Br)cc3)nc2)cc1. The third kappa shape index (κ3) is 4.20. The fourth-order valence-corrected chi connectivity index (χ4v) is 2.39. The Morgan fingerprint density at radius 3 is 2.21 bits per heavy atom. The molecule has 0 radical (unpaired) electrons. The Morgan fingerprint density at radius 2 is 1.58 bits per heavy atom. The monoisotopic (exact) mass is 381 g/mol. The normalized spacial score (nSPS) is 10.2. The first-order chi connectivity index (χ1) is 11.6. The number of pyridine rings is 1. The first-order valence-corrected chi connectivity index (χ1v) is 8.26. The highest BCUT2D eigenvalue weighted by atomic mass is 79.9. The Balaban J connectivity index is 1.66. The highest BCUT2D eigenvalue weighted by molar-refractivity contribution is 9.10. The summed E-state index contributed by atoms with van der Waals surface area (Å²) in [5.74, 6) is 0.505. The molecule has 0 aliphatic heterocycles. The molecule has 5 heteroatoms. The van der Waals surface area contributed by atoms with Gasteiger partial charge in [0.2, 0.25) is 0 Å². The summed E-state index contributed by atoms with van der Waals surface area (Å²) in [6.07, 6.45) is 1.56. The van der Waals surface area contributed by atoms with Gasteiger partial charge in [-0.2, -0.15) is 0 Å². The lowest BCUT2D eigenvalue weighted by molar-refractivity contribution is 0.102. The number of hydrogen-bond donors (Lipinski definition) is 2. The molecule has 0 saturated carbocycles. The van der Waals surface area contributed by atoms with E-state index in [0.717, 1.165) is 21.4 Å². The standard InChI is InChI=1S/C19H16BrN3O/c1-13-2-7-17(8-3-13)23-19(24)14-4-11-18(21-12-14)22-16-9-5-15(20)6-10-16/h2-12H,1H3,(H,21,22)(H,23,24). The molecule has 24 heavy (non-hydrogen) atoms. The number of carbonyl (C=O) groups excluding carboxylic acids is 1. The maximum atomic E-state index is 12.2. The van der Waals surface area contributed by atoms with Gasteiger partial charge in [0.25, 0.3) is 5.91 Å². The van der Waals surface area contributed by atoms with Gasteiger partial charge in [0.15, 0.2) is 0 Å². The molecular formula is C19H16BrN3O. The molecule has 0 fully saturated rings. The van der Waals surface area contributed by atoms with Crippen LogP contribution in [0.1, 0.15) is 15.9 Å². The molecule has 2 aromatic carbocycles. The maximum Gasteiger partial charge on any atom is 0.257 e. The van der Waals surface area contributed by atoms with Gasteiger partial charge in [0, 0.05) is 22.0 Å². The molecule has 0 saturated heterocycles. The van der Waals surface area contributed by atoms with E-state index in [-0.39, 0.29) is 5.91 Å². The summed E-state index contributed by atoms with van der Waals surface area (Å²) in [5, 5.41) is 6.05. The highest BCUT2D eigenvalue weighted by Gasteiger charge is 2.07. The van der Waals surface area contributed by atoms with Crippen LogP contribution in [0, 0.1) is 6.92 Å². The van der Waals surface area contributed by atoms with E-state index in [1.807, 2.05) is 55.5 Å². The zero-order chi connectivity index (χ0) is 16.9. The van der Waals surface area contributed by atoms with Crippen molar-refractivity contribution in [1.82, 2.24) is 4.98 Å². The predicted molar refractivity (Wildman–Crippen MR) is 101 cm³/mol. The molecule has 1 amide bonds. The van der Waals surface area contributed by atoms with Crippen LogP contribution in [0.4, 0.5) is 17.2 Å². The minimum Gasteiger partial charge on any atom is -0.340 e. The number of benzene rings is 2. The third-order valence-corrected chi connectivity index (χ3v) is 3.98. The molecule has 2 N–H and O–H groups in total. The lowest BCUT2D eigenvalue weighted by atomic mass is 10.2. The average molecular weight is 382 g/mol. The van der Waals surface area contributed by atoms with Crippen LogP contribution in [0.5, 0.6) is 0 Å². The summed E-state index contributed by atoms with van der Waals surface area (Å²) in [6, 6.07) is 19.0. The Bertz CT molecular complexity index is 828. The van der Waals surface area contributed by atoms with Crippen molar-refractivity contribution in [3.63, 3.8) is 0 Å². The van der Waals surface area contributed by atoms with E-state index in [9.17, 15) is 4.79 Å². The molecule has 0 spiro atoms. The predicted octanol–water partition coefficient (Wildman–Crippen LogP) is 5.15. The van der Waals surface area contributed by atoms with Crippen molar-refractivity contribution >= 4 is 39.0 Å². The topological polar surface area (TPSA) is 54.0 Å². The molecule has 0 atom stereocenters. The van der Waals surface area contributed by atoms with Gasteiger partial charge in [-0.25, -0.2) is 4.98 Å².